The van der Waals surface area contributed by atoms with Crippen molar-refractivity contribution in [1.82, 2.24) is 9.71 Å². The highest BCUT2D eigenvalue weighted by molar-refractivity contribution is 7.84. The molecule has 0 aromatic carbocycles. The highest BCUT2D eigenvalue weighted by Crippen LogP contribution is 2.37. The van der Waals surface area contributed by atoms with Gasteiger partial charge in [-0.3, -0.25) is 4.98 Å². The van der Waals surface area contributed by atoms with Gasteiger partial charge in [0.25, 0.3) is 0 Å². The maximum absolute atomic E-state index is 12.5. The summed E-state index contributed by atoms with van der Waals surface area (Å²) in [5.74, 6) is 0. The third kappa shape index (κ3) is 6.10. The zero-order valence-corrected chi connectivity index (χ0v) is 17.6. The number of nitrogens with zero attached hydrogens (tertiary/aromatic N) is 1. The minimum Gasteiger partial charge on any atom is -0.415 e. The molecule has 1 aromatic heterocycles. The predicted octanol–water partition coefficient (Wildman–Crippen LogP) is 4.20. The maximum Gasteiger partial charge on any atom is 0.192 e. The number of hydrogen-bond acceptors (Lipinski definition) is 3. The van der Waals surface area contributed by atoms with Crippen LogP contribution in [-0.4, -0.2) is 28.9 Å². The Bertz CT molecular complexity index is 522. The lowest BCUT2D eigenvalue weighted by Crippen LogP contribution is -2.44. The van der Waals surface area contributed by atoms with Gasteiger partial charge >= 0.3 is 0 Å². The first-order valence-corrected chi connectivity index (χ1v) is 12.1. The Hall–Kier alpha value is -0.563. The van der Waals surface area contributed by atoms with Crippen molar-refractivity contribution in [3.8, 4) is 0 Å². The lowest BCUT2D eigenvalue weighted by Gasteiger charge is -2.37. The van der Waals surface area contributed by atoms with Crippen LogP contribution < -0.4 is 4.72 Å². The van der Waals surface area contributed by atoms with Crippen molar-refractivity contribution in [2.24, 2.45) is 0 Å². The molecule has 4 nitrogen and oxygen atoms in total. The van der Waals surface area contributed by atoms with E-state index in [-0.39, 0.29) is 15.8 Å². The third-order valence-corrected chi connectivity index (χ3v) is 10.4. The van der Waals surface area contributed by atoms with Crippen molar-refractivity contribution in [1.29, 1.82) is 0 Å². The van der Waals surface area contributed by atoms with Gasteiger partial charge in [-0.1, -0.05) is 26.8 Å². The fraction of sp³-hybridized carbons (Fsp3) is 0.706. The van der Waals surface area contributed by atoms with Crippen LogP contribution in [-0.2, 0) is 15.4 Å². The zero-order chi connectivity index (χ0) is 17.9. The van der Waals surface area contributed by atoms with E-state index in [1.165, 1.54) is 0 Å². The summed E-state index contributed by atoms with van der Waals surface area (Å²) in [6, 6.07) is 5.61. The van der Waals surface area contributed by atoms with Crippen molar-refractivity contribution in [2.75, 3.05) is 6.61 Å². The van der Waals surface area contributed by atoms with Crippen LogP contribution in [0.3, 0.4) is 0 Å². The largest absolute Gasteiger partial charge is 0.415 e. The minimum atomic E-state index is -1.86. The summed E-state index contributed by atoms with van der Waals surface area (Å²) in [5.41, 5.74) is 0.865. The summed E-state index contributed by atoms with van der Waals surface area (Å²) in [6.45, 7) is 17.5. The number of hydrogen-bond donors (Lipinski definition) is 1. The first kappa shape index (κ1) is 20.5. The second-order valence-corrected chi connectivity index (χ2v) is 15.2. The smallest absolute Gasteiger partial charge is 0.192 e. The Labute approximate surface area is 145 Å². The molecule has 0 saturated carbocycles. The maximum atomic E-state index is 12.5. The summed E-state index contributed by atoms with van der Waals surface area (Å²) in [7, 11) is -3.04. The molecule has 0 bridgehead atoms. The van der Waals surface area contributed by atoms with E-state index in [1.54, 1.807) is 6.20 Å². The van der Waals surface area contributed by atoms with E-state index in [9.17, 15) is 4.21 Å². The fourth-order valence-corrected chi connectivity index (χ4v) is 3.39. The molecule has 132 valence electrons. The second kappa shape index (κ2) is 7.55. The molecule has 1 aromatic rings. The molecular weight excluding hydrogens is 324 g/mol. The number of rotatable bonds is 6. The van der Waals surface area contributed by atoms with Gasteiger partial charge in [0.2, 0.25) is 0 Å². The van der Waals surface area contributed by atoms with Gasteiger partial charge in [0.15, 0.2) is 8.32 Å². The Morgan fingerprint density at radius 2 is 1.83 bits per heavy atom. The molecule has 0 aliphatic carbocycles. The van der Waals surface area contributed by atoms with Crippen LogP contribution in [0.5, 0.6) is 0 Å². The van der Waals surface area contributed by atoms with E-state index in [0.29, 0.717) is 6.61 Å². The van der Waals surface area contributed by atoms with Gasteiger partial charge in [-0.15, -0.1) is 0 Å². The van der Waals surface area contributed by atoms with Gasteiger partial charge in [-0.2, -0.15) is 0 Å². The SMILES string of the molecule is CC(C)(C)[S@](=O)N[C@H](CO[Si](C)(C)C(C)(C)C)c1ccccn1. The fourth-order valence-electron chi connectivity index (χ4n) is 1.58. The summed E-state index contributed by atoms with van der Waals surface area (Å²) in [5, 5.41) is 0.144. The molecule has 1 heterocycles. The van der Waals surface area contributed by atoms with Gasteiger partial charge in [-0.05, 0) is 51.0 Å². The lowest BCUT2D eigenvalue weighted by atomic mass is 10.2. The molecule has 0 spiro atoms. The monoisotopic (exact) mass is 356 g/mol. The number of pyridine rings is 1. The first-order chi connectivity index (χ1) is 10.3. The summed E-state index contributed by atoms with van der Waals surface area (Å²) < 4.78 is 21.7. The average Bonchev–Trinajstić information content (AvgIpc) is 2.41. The average molecular weight is 357 g/mol. The Morgan fingerprint density at radius 1 is 1.22 bits per heavy atom. The van der Waals surface area contributed by atoms with Crippen LogP contribution in [0.1, 0.15) is 53.3 Å². The molecule has 0 aliphatic rings. The van der Waals surface area contributed by atoms with Crippen LogP contribution in [0, 0.1) is 0 Å². The van der Waals surface area contributed by atoms with E-state index in [2.05, 4.69) is 43.6 Å². The molecule has 0 fully saturated rings. The molecule has 1 rings (SSSR count). The van der Waals surface area contributed by atoms with E-state index in [1.807, 2.05) is 39.0 Å². The summed E-state index contributed by atoms with van der Waals surface area (Å²) >= 11 is 0. The Balaban J connectivity index is 2.92. The van der Waals surface area contributed by atoms with Crippen LogP contribution in [0.4, 0.5) is 0 Å². The first-order valence-electron chi connectivity index (χ1n) is 8.07. The quantitative estimate of drug-likeness (QED) is 0.777. The molecule has 1 N–H and O–H groups in total. The van der Waals surface area contributed by atoms with Crippen molar-refractivity contribution >= 4 is 19.3 Å². The van der Waals surface area contributed by atoms with Crippen LogP contribution >= 0.6 is 0 Å². The minimum absolute atomic E-state index is 0.144. The van der Waals surface area contributed by atoms with Gasteiger partial charge in [0.05, 0.1) is 34.1 Å². The van der Waals surface area contributed by atoms with E-state index in [4.69, 9.17) is 4.43 Å². The number of aromatic nitrogens is 1. The van der Waals surface area contributed by atoms with Crippen molar-refractivity contribution < 1.29 is 8.63 Å². The molecule has 0 amide bonds. The van der Waals surface area contributed by atoms with Gasteiger partial charge in [-0.25, -0.2) is 8.93 Å². The number of nitrogens with one attached hydrogen (secondary N) is 1. The van der Waals surface area contributed by atoms with Crippen molar-refractivity contribution in [3.05, 3.63) is 30.1 Å². The topological polar surface area (TPSA) is 51.2 Å². The standard InChI is InChI=1S/C17H32N2O2SSi/c1-16(2,3)22(20)19-15(14-11-9-10-12-18-14)13-21-23(7,8)17(4,5)6/h9-12,15,19H,13H2,1-8H3/t15-,22+/m1/s1. The molecule has 0 aliphatic heterocycles. The lowest BCUT2D eigenvalue weighted by molar-refractivity contribution is 0.255. The van der Waals surface area contributed by atoms with Gasteiger partial charge < -0.3 is 4.43 Å². The second-order valence-electron chi connectivity index (χ2n) is 8.38. The third-order valence-electron chi connectivity index (χ3n) is 4.27. The van der Waals surface area contributed by atoms with E-state index < -0.39 is 19.3 Å². The van der Waals surface area contributed by atoms with Crippen LogP contribution in [0.15, 0.2) is 24.4 Å². The molecule has 0 saturated heterocycles. The molecule has 6 heteroatoms. The molecule has 23 heavy (non-hydrogen) atoms. The predicted molar refractivity (Wildman–Crippen MR) is 101 cm³/mol. The normalized spacial score (nSPS) is 16.2. The molecular formula is C17H32N2O2SSi. The summed E-state index contributed by atoms with van der Waals surface area (Å²) in [4.78, 5) is 4.42. The summed E-state index contributed by atoms with van der Waals surface area (Å²) in [6.07, 6.45) is 1.76. The van der Waals surface area contributed by atoms with Crippen LogP contribution in [0.25, 0.3) is 0 Å². The molecule has 0 unspecified atom stereocenters. The van der Waals surface area contributed by atoms with Gasteiger partial charge in [0, 0.05) is 6.20 Å². The van der Waals surface area contributed by atoms with E-state index >= 15 is 0 Å². The zero-order valence-electron chi connectivity index (χ0n) is 15.8. The van der Waals surface area contributed by atoms with Crippen molar-refractivity contribution in [2.45, 2.75) is 70.5 Å². The highest BCUT2D eigenvalue weighted by atomic mass is 32.2. The molecule has 2 atom stereocenters. The van der Waals surface area contributed by atoms with E-state index in [0.717, 1.165) is 5.69 Å². The highest BCUT2D eigenvalue weighted by Gasteiger charge is 2.38. The Morgan fingerprint density at radius 3 is 2.26 bits per heavy atom. The van der Waals surface area contributed by atoms with Crippen LogP contribution in [0.2, 0.25) is 18.1 Å². The van der Waals surface area contributed by atoms with Crippen molar-refractivity contribution in [3.63, 3.8) is 0 Å². The Kier molecular flexibility index (Phi) is 6.72. The van der Waals surface area contributed by atoms with Gasteiger partial charge in [0.1, 0.15) is 0 Å². The molecule has 0 radical (unpaired) electrons.